The molecule has 0 bridgehead atoms. The topological polar surface area (TPSA) is 58.6 Å². The van der Waals surface area contributed by atoms with Crippen molar-refractivity contribution < 1.29 is 21.9 Å². The maximum atomic E-state index is 12.6. The molecule has 21 heavy (non-hydrogen) atoms. The first-order valence-electron chi connectivity index (χ1n) is 6.73. The molecule has 0 amide bonds. The summed E-state index contributed by atoms with van der Waals surface area (Å²) in [5.41, 5.74) is 0. The Bertz CT molecular complexity index is 612. The van der Waals surface area contributed by atoms with Gasteiger partial charge in [0, 0.05) is 13.1 Å². The molecule has 1 N–H and O–H groups in total. The van der Waals surface area contributed by atoms with Crippen LogP contribution in [0.5, 0.6) is 5.75 Å². The number of benzene rings is 1. The lowest BCUT2D eigenvalue weighted by Crippen LogP contribution is -2.32. The largest absolute Gasteiger partial charge is 0.433 e. The van der Waals surface area contributed by atoms with Crippen molar-refractivity contribution in [1.29, 1.82) is 0 Å². The number of nitrogens with one attached hydrogen (secondary N) is 1. The summed E-state index contributed by atoms with van der Waals surface area (Å²) < 4.78 is 55.8. The van der Waals surface area contributed by atoms with Crippen molar-refractivity contribution in [1.82, 2.24) is 9.62 Å². The monoisotopic (exact) mass is 318 g/mol. The van der Waals surface area contributed by atoms with Crippen LogP contribution in [0.15, 0.2) is 29.2 Å². The average Bonchev–Trinajstić information content (AvgIpc) is 2.99. The van der Waals surface area contributed by atoms with E-state index in [0.717, 1.165) is 13.1 Å². The van der Waals surface area contributed by atoms with Gasteiger partial charge in [0.1, 0.15) is 10.6 Å². The SMILES string of the molecule is O=S(=O)(c1ccccc1OC(F)F)N1C[C@H]2CNC[C@H]2C1. The van der Waals surface area contributed by atoms with Gasteiger partial charge in [0.15, 0.2) is 0 Å². The highest BCUT2D eigenvalue weighted by atomic mass is 32.2. The number of fused-ring (bicyclic) bond motifs is 1. The maximum Gasteiger partial charge on any atom is 0.387 e. The van der Waals surface area contributed by atoms with Crippen molar-refractivity contribution in [3.05, 3.63) is 24.3 Å². The molecule has 0 radical (unpaired) electrons. The predicted octanol–water partition coefficient (Wildman–Crippen LogP) is 1.13. The molecule has 2 atom stereocenters. The van der Waals surface area contributed by atoms with E-state index in [-0.39, 0.29) is 10.6 Å². The Labute approximate surface area is 121 Å². The molecule has 2 aliphatic rings. The molecule has 2 aliphatic heterocycles. The Hall–Kier alpha value is -1.25. The lowest BCUT2D eigenvalue weighted by atomic mass is 10.0. The minimum atomic E-state index is -3.81. The first-order chi connectivity index (χ1) is 9.98. The van der Waals surface area contributed by atoms with Crippen LogP contribution in [0, 0.1) is 11.8 Å². The van der Waals surface area contributed by atoms with E-state index in [2.05, 4.69) is 10.1 Å². The summed E-state index contributed by atoms with van der Waals surface area (Å²) in [6.07, 6.45) is 0. The minimum absolute atomic E-state index is 0.196. The van der Waals surface area contributed by atoms with E-state index < -0.39 is 16.6 Å². The van der Waals surface area contributed by atoms with Gasteiger partial charge in [-0.15, -0.1) is 0 Å². The predicted molar refractivity (Wildman–Crippen MR) is 71.7 cm³/mol. The normalized spacial score (nSPS) is 26.2. The first-order valence-corrected chi connectivity index (χ1v) is 8.17. The van der Waals surface area contributed by atoms with Gasteiger partial charge in [-0.25, -0.2) is 8.42 Å². The van der Waals surface area contributed by atoms with Crippen LogP contribution >= 0.6 is 0 Å². The number of sulfonamides is 1. The molecule has 0 aromatic heterocycles. The summed E-state index contributed by atoms with van der Waals surface area (Å²) in [5, 5.41) is 3.23. The summed E-state index contributed by atoms with van der Waals surface area (Å²) in [6, 6.07) is 5.53. The molecule has 0 saturated carbocycles. The van der Waals surface area contributed by atoms with E-state index in [0.29, 0.717) is 24.9 Å². The fraction of sp³-hybridized carbons (Fsp3) is 0.538. The highest BCUT2D eigenvalue weighted by Gasteiger charge is 2.42. The standard InChI is InChI=1S/C13H16F2N2O3S/c14-13(15)20-11-3-1-2-4-12(11)21(18,19)17-7-9-5-16-6-10(9)8-17/h1-4,9-10,13,16H,5-8H2/t9-,10+. The number of halogens is 2. The Balaban J connectivity index is 1.89. The van der Waals surface area contributed by atoms with Crippen molar-refractivity contribution >= 4 is 10.0 Å². The zero-order chi connectivity index (χ0) is 15.0. The van der Waals surface area contributed by atoms with Crippen LogP contribution in [-0.2, 0) is 10.0 Å². The lowest BCUT2D eigenvalue weighted by molar-refractivity contribution is -0.0517. The van der Waals surface area contributed by atoms with Gasteiger partial charge in [0.2, 0.25) is 10.0 Å². The second-order valence-electron chi connectivity index (χ2n) is 5.33. The molecule has 0 spiro atoms. The van der Waals surface area contributed by atoms with Gasteiger partial charge in [0.25, 0.3) is 0 Å². The number of hydrogen-bond donors (Lipinski definition) is 1. The molecular weight excluding hydrogens is 302 g/mol. The molecule has 2 fully saturated rings. The summed E-state index contributed by atoms with van der Waals surface area (Å²) in [4.78, 5) is -0.196. The van der Waals surface area contributed by atoms with Gasteiger partial charge in [-0.05, 0) is 37.1 Å². The minimum Gasteiger partial charge on any atom is -0.433 e. The van der Waals surface area contributed by atoms with Crippen LogP contribution < -0.4 is 10.1 Å². The molecule has 1 aromatic carbocycles. The van der Waals surface area contributed by atoms with Gasteiger partial charge in [0.05, 0.1) is 0 Å². The fourth-order valence-electron chi connectivity index (χ4n) is 3.00. The van der Waals surface area contributed by atoms with Crippen LogP contribution in [-0.4, -0.2) is 45.5 Å². The van der Waals surface area contributed by atoms with Gasteiger partial charge >= 0.3 is 6.61 Å². The first kappa shape index (κ1) is 14.7. The van der Waals surface area contributed by atoms with E-state index in [1.807, 2.05) is 0 Å². The Morgan fingerprint density at radius 2 is 1.81 bits per heavy atom. The van der Waals surface area contributed by atoms with Gasteiger partial charge in [-0.2, -0.15) is 13.1 Å². The fourth-order valence-corrected chi connectivity index (χ4v) is 4.68. The molecule has 8 heteroatoms. The molecule has 3 rings (SSSR count). The Morgan fingerprint density at radius 3 is 2.43 bits per heavy atom. The molecule has 5 nitrogen and oxygen atoms in total. The third-order valence-corrected chi connectivity index (χ3v) is 5.91. The number of ether oxygens (including phenoxy) is 1. The van der Waals surface area contributed by atoms with E-state index in [4.69, 9.17) is 0 Å². The Kier molecular flexibility index (Phi) is 3.85. The lowest BCUT2D eigenvalue weighted by Gasteiger charge is -2.19. The van der Waals surface area contributed by atoms with E-state index >= 15 is 0 Å². The van der Waals surface area contributed by atoms with E-state index in [1.54, 1.807) is 0 Å². The van der Waals surface area contributed by atoms with Crippen molar-refractivity contribution in [2.45, 2.75) is 11.5 Å². The highest BCUT2D eigenvalue weighted by Crippen LogP contribution is 2.34. The second-order valence-corrected chi connectivity index (χ2v) is 7.23. The van der Waals surface area contributed by atoms with Crippen LogP contribution in [0.25, 0.3) is 0 Å². The van der Waals surface area contributed by atoms with Gasteiger partial charge < -0.3 is 10.1 Å². The van der Waals surface area contributed by atoms with E-state index in [1.165, 1.54) is 28.6 Å². The molecule has 2 saturated heterocycles. The van der Waals surface area contributed by atoms with Crippen LogP contribution in [0.4, 0.5) is 8.78 Å². The zero-order valence-electron chi connectivity index (χ0n) is 11.2. The third kappa shape index (κ3) is 2.75. The number of hydrogen-bond acceptors (Lipinski definition) is 4. The third-order valence-electron chi connectivity index (χ3n) is 4.04. The van der Waals surface area contributed by atoms with Crippen molar-refractivity contribution in [2.75, 3.05) is 26.2 Å². The molecule has 2 heterocycles. The summed E-state index contributed by atoms with van der Waals surface area (Å²) >= 11 is 0. The van der Waals surface area contributed by atoms with Crippen LogP contribution in [0.1, 0.15) is 0 Å². The smallest absolute Gasteiger partial charge is 0.387 e. The summed E-state index contributed by atoms with van der Waals surface area (Å²) in [6.45, 7) is -0.618. The second kappa shape index (κ2) is 5.51. The van der Waals surface area contributed by atoms with Gasteiger partial charge in [-0.1, -0.05) is 12.1 Å². The number of alkyl halides is 2. The number of nitrogens with zero attached hydrogens (tertiary/aromatic N) is 1. The number of rotatable bonds is 4. The van der Waals surface area contributed by atoms with Crippen LogP contribution in [0.3, 0.4) is 0 Å². The highest BCUT2D eigenvalue weighted by molar-refractivity contribution is 7.89. The maximum absolute atomic E-state index is 12.6. The number of para-hydroxylation sites is 1. The van der Waals surface area contributed by atoms with Gasteiger partial charge in [-0.3, -0.25) is 0 Å². The van der Waals surface area contributed by atoms with Crippen LogP contribution in [0.2, 0.25) is 0 Å². The van der Waals surface area contributed by atoms with E-state index in [9.17, 15) is 17.2 Å². The Morgan fingerprint density at radius 1 is 1.19 bits per heavy atom. The molecule has 1 aromatic rings. The molecule has 0 unspecified atom stereocenters. The zero-order valence-corrected chi connectivity index (χ0v) is 12.0. The summed E-state index contributed by atoms with van der Waals surface area (Å²) in [7, 11) is -3.81. The summed E-state index contributed by atoms with van der Waals surface area (Å²) in [5.74, 6) is 0.286. The van der Waals surface area contributed by atoms with Crippen molar-refractivity contribution in [3.63, 3.8) is 0 Å². The molecule has 116 valence electrons. The quantitative estimate of drug-likeness (QED) is 0.904. The van der Waals surface area contributed by atoms with Crippen molar-refractivity contribution in [2.24, 2.45) is 11.8 Å². The molecule has 0 aliphatic carbocycles. The van der Waals surface area contributed by atoms with Crippen molar-refractivity contribution in [3.8, 4) is 5.75 Å². The average molecular weight is 318 g/mol. The molecular formula is C13H16F2N2O3S.